The molecule has 1 aliphatic carbocycles. The van der Waals surface area contributed by atoms with Gasteiger partial charge in [0.15, 0.2) is 5.49 Å². The topological polar surface area (TPSA) is 128 Å². The molecule has 0 aromatic carbocycles. The van der Waals surface area contributed by atoms with Crippen LogP contribution in [0.3, 0.4) is 0 Å². The summed E-state index contributed by atoms with van der Waals surface area (Å²) in [4.78, 5) is 48.9. The van der Waals surface area contributed by atoms with Gasteiger partial charge in [0.05, 0.1) is 31.0 Å². The molecule has 3 aliphatic heterocycles. The third-order valence-electron chi connectivity index (χ3n) is 6.76. The fourth-order valence-corrected chi connectivity index (χ4v) is 4.88. The van der Waals surface area contributed by atoms with E-state index in [1.165, 1.54) is 6.33 Å². The molecular formula is C25H35N7O4. The molecule has 3 heterocycles. The molecule has 0 aromatic rings. The molecular weight excluding hydrogens is 462 g/mol. The standard InChI is InChI=1S/C25H35N7O4/c1-31-9-5-7-20(33)32(2)10-6-8-26-23-21-18(25(34)30-24(21)29-15-28-23)13-27-17-11-16(14-31)22(36-4)19(12-17)35-3/h13,15-16H,5-12,14H2,1-4H3,(H2,26,28,29,30,34)/t16-/m0/s1. The average molecular weight is 498 g/mol. The minimum atomic E-state index is -0.251. The zero-order chi connectivity index (χ0) is 25.7. The van der Waals surface area contributed by atoms with Gasteiger partial charge in [0.2, 0.25) is 5.91 Å². The number of carbonyl (C=O) groups excluding carboxylic acids is 1. The molecule has 11 nitrogen and oxygen atoms in total. The summed E-state index contributed by atoms with van der Waals surface area (Å²) >= 11 is 0. The number of methoxy groups -OCH3 is 2. The minimum absolute atomic E-state index is 0.0477. The molecule has 0 fully saturated rings. The zero-order valence-electron chi connectivity index (χ0n) is 21.5. The normalized spacial score (nSPS) is 21.1. The van der Waals surface area contributed by atoms with Gasteiger partial charge in [-0.3, -0.25) is 19.6 Å². The van der Waals surface area contributed by atoms with Gasteiger partial charge in [0, 0.05) is 57.4 Å². The lowest BCUT2D eigenvalue weighted by Gasteiger charge is -2.30. The Morgan fingerprint density at radius 2 is 1.94 bits per heavy atom. The Labute approximate surface area is 209 Å². The number of aliphatic imine (C=N–C) groups is 1. The first-order chi connectivity index (χ1) is 17.4. The molecule has 4 aliphatic rings. The molecule has 36 heavy (non-hydrogen) atoms. The first kappa shape index (κ1) is 25.6. The lowest BCUT2D eigenvalue weighted by Crippen LogP contribution is -2.33. The summed E-state index contributed by atoms with van der Waals surface area (Å²) in [6.45, 7) is 2.63. The molecule has 0 unspecified atom stereocenters. The van der Waals surface area contributed by atoms with E-state index in [1.807, 2.05) is 7.05 Å². The number of nitrogens with zero attached hydrogens (tertiary/aromatic N) is 5. The molecule has 1 amide bonds. The van der Waals surface area contributed by atoms with E-state index in [9.17, 15) is 9.59 Å². The minimum Gasteiger partial charge on any atom is -0.497 e. The number of rotatable bonds is 2. The summed E-state index contributed by atoms with van der Waals surface area (Å²) in [5.74, 6) is 1.73. The lowest BCUT2D eigenvalue weighted by molar-refractivity contribution is -0.130. The van der Waals surface area contributed by atoms with Gasteiger partial charge in [-0.1, -0.05) is 0 Å². The number of allylic oxidation sites excluding steroid dienone is 1. The van der Waals surface area contributed by atoms with Crippen LogP contribution in [-0.2, 0) is 14.3 Å². The van der Waals surface area contributed by atoms with Crippen molar-refractivity contribution in [3.05, 3.63) is 49.6 Å². The van der Waals surface area contributed by atoms with Crippen molar-refractivity contribution in [1.29, 1.82) is 0 Å². The molecule has 0 saturated heterocycles. The Bertz CT molecular complexity index is 1390. The first-order valence-electron chi connectivity index (χ1n) is 12.3. The van der Waals surface area contributed by atoms with Crippen molar-refractivity contribution in [3.8, 4) is 0 Å². The summed E-state index contributed by atoms with van der Waals surface area (Å²) in [5.41, 5.74) is 1.68. The van der Waals surface area contributed by atoms with Crippen LogP contribution in [0.4, 0.5) is 0 Å². The first-order valence-corrected chi connectivity index (χ1v) is 12.3. The molecule has 0 saturated carbocycles. The Morgan fingerprint density at radius 1 is 1.11 bits per heavy atom. The fourth-order valence-electron chi connectivity index (χ4n) is 4.88. The maximum Gasteiger partial charge on any atom is 0.259 e. The van der Waals surface area contributed by atoms with Crippen LogP contribution in [0.25, 0.3) is 6.20 Å². The second-order valence-corrected chi connectivity index (χ2v) is 9.36. The Kier molecular flexibility index (Phi) is 8.19. The van der Waals surface area contributed by atoms with Crippen LogP contribution in [0.5, 0.6) is 0 Å². The van der Waals surface area contributed by atoms with Gasteiger partial charge in [0.25, 0.3) is 5.56 Å². The Hall–Kier alpha value is -3.47. The second-order valence-electron chi connectivity index (χ2n) is 9.36. The third-order valence-corrected chi connectivity index (χ3v) is 6.76. The van der Waals surface area contributed by atoms with E-state index in [4.69, 9.17) is 14.5 Å². The summed E-state index contributed by atoms with van der Waals surface area (Å²) in [6.07, 6.45) is 6.29. The highest BCUT2D eigenvalue weighted by molar-refractivity contribution is 5.89. The van der Waals surface area contributed by atoms with E-state index >= 15 is 0 Å². The van der Waals surface area contributed by atoms with E-state index in [2.05, 4.69) is 31.9 Å². The smallest absolute Gasteiger partial charge is 0.259 e. The van der Waals surface area contributed by atoms with Gasteiger partial charge < -0.3 is 29.2 Å². The average Bonchev–Trinajstić information content (AvgIpc) is 3.19. The molecule has 1 atom stereocenters. The van der Waals surface area contributed by atoms with Crippen LogP contribution in [0.15, 0.2) is 32.6 Å². The number of nitrogens with one attached hydrogen (secondary N) is 2. The molecule has 4 rings (SSSR count). The third kappa shape index (κ3) is 5.67. The lowest BCUT2D eigenvalue weighted by atomic mass is 9.90. The monoisotopic (exact) mass is 497 g/mol. The SMILES string of the molecule is COC1=C(OC)[C@H]2CC(=NC=c3c(=O)[nH]c4[nH]cnc(c3=4)=NCCCN(C)C(=O)CCCN(C)C2)C1. The number of aromatic nitrogens is 3. The van der Waals surface area contributed by atoms with Gasteiger partial charge in [-0.05, 0) is 32.9 Å². The van der Waals surface area contributed by atoms with Crippen molar-refractivity contribution in [1.82, 2.24) is 24.8 Å². The number of ether oxygens (including phenoxy) is 2. The van der Waals surface area contributed by atoms with Crippen LogP contribution in [0, 0.1) is 16.6 Å². The summed E-state index contributed by atoms with van der Waals surface area (Å²) in [7, 11) is 7.18. The van der Waals surface area contributed by atoms with E-state index in [-0.39, 0.29) is 17.4 Å². The number of hydrogen-bond donors (Lipinski definition) is 2. The van der Waals surface area contributed by atoms with E-state index in [0.717, 1.165) is 36.7 Å². The van der Waals surface area contributed by atoms with Gasteiger partial charge in [0.1, 0.15) is 17.0 Å². The van der Waals surface area contributed by atoms with Gasteiger partial charge in [-0.2, -0.15) is 0 Å². The number of H-pyrrole nitrogens is 2. The fraction of sp³-hybridized carbons (Fsp3) is 0.560. The van der Waals surface area contributed by atoms with Crippen molar-refractivity contribution >= 4 is 17.8 Å². The van der Waals surface area contributed by atoms with Crippen molar-refractivity contribution in [2.24, 2.45) is 15.9 Å². The Morgan fingerprint density at radius 3 is 2.72 bits per heavy atom. The maximum atomic E-state index is 12.8. The van der Waals surface area contributed by atoms with Gasteiger partial charge >= 0.3 is 0 Å². The van der Waals surface area contributed by atoms with Crippen molar-refractivity contribution in [2.45, 2.75) is 32.1 Å². The summed E-state index contributed by atoms with van der Waals surface area (Å²) < 4.78 is 11.4. The van der Waals surface area contributed by atoms with Crippen molar-refractivity contribution in [2.75, 3.05) is 54.5 Å². The van der Waals surface area contributed by atoms with Crippen molar-refractivity contribution in [3.63, 3.8) is 0 Å². The molecule has 0 spiro atoms. The van der Waals surface area contributed by atoms with Gasteiger partial charge in [-0.25, -0.2) is 4.98 Å². The number of amides is 1. The van der Waals surface area contributed by atoms with Crippen molar-refractivity contribution < 1.29 is 14.3 Å². The second kappa shape index (κ2) is 11.5. The van der Waals surface area contributed by atoms with Crippen LogP contribution >= 0.6 is 0 Å². The molecule has 2 N–H and O–H groups in total. The summed E-state index contributed by atoms with van der Waals surface area (Å²) in [6, 6.07) is 0. The molecule has 0 aromatic heterocycles. The van der Waals surface area contributed by atoms with Crippen LogP contribution < -0.4 is 16.3 Å². The van der Waals surface area contributed by atoms with E-state index in [0.29, 0.717) is 60.2 Å². The number of carbonyl (C=O) groups is 1. The zero-order valence-corrected chi connectivity index (χ0v) is 21.5. The molecule has 194 valence electrons. The number of fused-ring (bicyclic) bond motifs is 2. The van der Waals surface area contributed by atoms with E-state index < -0.39 is 0 Å². The van der Waals surface area contributed by atoms with E-state index in [1.54, 1.807) is 25.3 Å². The highest BCUT2D eigenvalue weighted by atomic mass is 16.5. The van der Waals surface area contributed by atoms with Crippen LogP contribution in [0.1, 0.15) is 32.1 Å². The van der Waals surface area contributed by atoms with Gasteiger partial charge in [-0.15, -0.1) is 0 Å². The predicted molar refractivity (Wildman–Crippen MR) is 135 cm³/mol. The Balaban J connectivity index is 1.80. The quantitative estimate of drug-likeness (QED) is 0.606. The van der Waals surface area contributed by atoms with Crippen LogP contribution in [0.2, 0.25) is 0 Å². The summed E-state index contributed by atoms with van der Waals surface area (Å²) in [5, 5.41) is 1.03. The number of hydrogen-bond acceptors (Lipinski definition) is 8. The van der Waals surface area contributed by atoms with Crippen LogP contribution in [-0.4, -0.2) is 90.9 Å². The molecule has 0 radical (unpaired) electrons. The highest BCUT2D eigenvalue weighted by Crippen LogP contribution is 2.30. The maximum absolute atomic E-state index is 12.8. The number of aromatic amines is 2. The predicted octanol–water partition coefficient (Wildman–Crippen LogP) is 0.110. The largest absolute Gasteiger partial charge is 0.497 e. The highest BCUT2D eigenvalue weighted by Gasteiger charge is 2.29. The molecule has 11 heteroatoms. The molecule has 2 bridgehead atoms.